The Bertz CT molecular complexity index is 759. The number of hydrogen-bond acceptors (Lipinski definition) is 3. The molecule has 1 aliphatic rings. The van der Waals surface area contributed by atoms with Crippen LogP contribution in [0, 0.1) is 0 Å². The van der Waals surface area contributed by atoms with Gasteiger partial charge in [0.25, 0.3) is 0 Å². The number of carboxylic acid groups (broad SMARTS) is 2. The molecule has 0 spiro atoms. The lowest BCUT2D eigenvalue weighted by molar-refractivity contribution is -0.144. The minimum atomic E-state index is -1.01. The minimum absolute atomic E-state index is 0.174. The highest BCUT2D eigenvalue weighted by atomic mass is 16.4. The number of carbonyl (C=O) groups is 2. The molecule has 0 radical (unpaired) electrons. The smallest absolute Gasteiger partial charge is 0.335 e. The lowest BCUT2D eigenvalue weighted by Crippen LogP contribution is -2.37. The van der Waals surface area contributed by atoms with Crippen LogP contribution in [0.3, 0.4) is 0 Å². The van der Waals surface area contributed by atoms with Crippen LogP contribution in [0.1, 0.15) is 41.2 Å². The number of aryl methyl sites for hydroxylation is 1. The van der Waals surface area contributed by atoms with E-state index in [1.165, 1.54) is 0 Å². The second kappa shape index (κ2) is 6.04. The van der Waals surface area contributed by atoms with E-state index >= 15 is 0 Å². The molecule has 2 N–H and O–H groups in total. The zero-order valence-electron chi connectivity index (χ0n) is 13.0. The first-order valence-corrected chi connectivity index (χ1v) is 7.78. The van der Waals surface area contributed by atoms with Gasteiger partial charge < -0.3 is 14.8 Å². The fraction of sp³-hybridized carbons (Fsp3) is 0.412. The van der Waals surface area contributed by atoms with Gasteiger partial charge in [0.2, 0.25) is 0 Å². The SMILES string of the molecule is Cn1cc(C(C(=O)O)N2CCCCC2)c2cc(C(=O)O)ccc21. The number of piperidine rings is 1. The van der Waals surface area contributed by atoms with Gasteiger partial charge in [0.15, 0.2) is 0 Å². The first-order valence-electron chi connectivity index (χ1n) is 7.78. The summed E-state index contributed by atoms with van der Waals surface area (Å²) in [4.78, 5) is 25.1. The summed E-state index contributed by atoms with van der Waals surface area (Å²) in [5.74, 6) is -1.90. The van der Waals surface area contributed by atoms with Crippen molar-refractivity contribution in [2.75, 3.05) is 13.1 Å². The molecule has 23 heavy (non-hydrogen) atoms. The third kappa shape index (κ3) is 2.82. The average molecular weight is 316 g/mol. The monoisotopic (exact) mass is 316 g/mol. The maximum Gasteiger partial charge on any atom is 0.335 e. The van der Waals surface area contributed by atoms with E-state index in [1.807, 2.05) is 22.7 Å². The molecule has 6 nitrogen and oxygen atoms in total. The number of aromatic nitrogens is 1. The van der Waals surface area contributed by atoms with E-state index in [9.17, 15) is 19.8 Å². The van der Waals surface area contributed by atoms with Crippen LogP contribution < -0.4 is 0 Å². The van der Waals surface area contributed by atoms with Crippen molar-refractivity contribution in [1.29, 1.82) is 0 Å². The molecule has 6 heteroatoms. The highest BCUT2D eigenvalue weighted by Crippen LogP contribution is 2.32. The van der Waals surface area contributed by atoms with Gasteiger partial charge in [0.05, 0.1) is 5.56 Å². The Labute approximate surface area is 133 Å². The van der Waals surface area contributed by atoms with E-state index in [0.717, 1.165) is 37.9 Å². The van der Waals surface area contributed by atoms with E-state index < -0.39 is 18.0 Å². The molecule has 1 aliphatic heterocycles. The Hall–Kier alpha value is -2.34. The van der Waals surface area contributed by atoms with Crippen LogP contribution >= 0.6 is 0 Å². The van der Waals surface area contributed by atoms with Gasteiger partial charge in [-0.2, -0.15) is 0 Å². The molecule has 2 aromatic rings. The highest BCUT2D eigenvalue weighted by molar-refractivity contribution is 5.96. The van der Waals surface area contributed by atoms with Crippen molar-refractivity contribution in [3.05, 3.63) is 35.5 Å². The molecule has 0 saturated carbocycles. The number of carboxylic acids is 2. The summed E-state index contributed by atoms with van der Waals surface area (Å²) in [6, 6.07) is 4.12. The lowest BCUT2D eigenvalue weighted by atomic mass is 10.00. The largest absolute Gasteiger partial charge is 0.480 e. The van der Waals surface area contributed by atoms with Crippen molar-refractivity contribution in [3.63, 3.8) is 0 Å². The maximum absolute atomic E-state index is 11.9. The van der Waals surface area contributed by atoms with Gasteiger partial charge in [0.1, 0.15) is 6.04 Å². The van der Waals surface area contributed by atoms with Crippen molar-refractivity contribution >= 4 is 22.8 Å². The predicted octanol–water partition coefficient (Wildman–Crippen LogP) is 2.49. The van der Waals surface area contributed by atoms with Crippen LogP contribution in [0.4, 0.5) is 0 Å². The fourth-order valence-electron chi connectivity index (χ4n) is 3.44. The number of fused-ring (bicyclic) bond motifs is 1. The molecule has 1 unspecified atom stereocenters. The molecule has 2 heterocycles. The van der Waals surface area contributed by atoms with Crippen LogP contribution in [0.15, 0.2) is 24.4 Å². The summed E-state index contributed by atoms with van der Waals surface area (Å²) in [5.41, 5.74) is 1.68. The molecular formula is C17H20N2O4. The number of rotatable bonds is 4. The molecule has 3 rings (SSSR count). The first-order chi connectivity index (χ1) is 11.0. The van der Waals surface area contributed by atoms with E-state index in [0.29, 0.717) is 10.9 Å². The van der Waals surface area contributed by atoms with E-state index in [2.05, 4.69) is 0 Å². The number of nitrogens with zero attached hydrogens (tertiary/aromatic N) is 2. The van der Waals surface area contributed by atoms with Crippen LogP contribution in [-0.2, 0) is 11.8 Å². The van der Waals surface area contributed by atoms with Crippen molar-refractivity contribution in [2.24, 2.45) is 7.05 Å². The molecule has 122 valence electrons. The Balaban J connectivity index is 2.13. The zero-order valence-corrected chi connectivity index (χ0v) is 13.0. The molecule has 0 aliphatic carbocycles. The van der Waals surface area contributed by atoms with Crippen molar-refractivity contribution in [2.45, 2.75) is 25.3 Å². The number of aliphatic carboxylic acids is 1. The lowest BCUT2D eigenvalue weighted by Gasteiger charge is -2.31. The summed E-state index contributed by atoms with van der Waals surface area (Å²) in [7, 11) is 1.85. The molecular weight excluding hydrogens is 296 g/mol. The number of likely N-dealkylation sites (tertiary alicyclic amines) is 1. The molecule has 0 bridgehead atoms. The predicted molar refractivity (Wildman–Crippen MR) is 85.7 cm³/mol. The Morgan fingerprint density at radius 3 is 2.43 bits per heavy atom. The van der Waals surface area contributed by atoms with Gasteiger partial charge in [-0.05, 0) is 44.1 Å². The summed E-state index contributed by atoms with van der Waals surface area (Å²) < 4.78 is 1.86. The van der Waals surface area contributed by atoms with Crippen LogP contribution in [0.2, 0.25) is 0 Å². The van der Waals surface area contributed by atoms with Crippen molar-refractivity contribution in [1.82, 2.24) is 9.47 Å². The third-order valence-corrected chi connectivity index (χ3v) is 4.55. The van der Waals surface area contributed by atoms with E-state index in [1.54, 1.807) is 18.2 Å². The second-order valence-corrected chi connectivity index (χ2v) is 6.07. The first kappa shape index (κ1) is 15.6. The van der Waals surface area contributed by atoms with Crippen LogP contribution in [0.5, 0.6) is 0 Å². The fourth-order valence-corrected chi connectivity index (χ4v) is 3.44. The normalized spacial score (nSPS) is 17.3. The Morgan fingerprint density at radius 2 is 1.83 bits per heavy atom. The van der Waals surface area contributed by atoms with E-state index in [-0.39, 0.29) is 5.56 Å². The molecule has 1 aromatic carbocycles. The summed E-state index contributed by atoms with van der Waals surface area (Å²) >= 11 is 0. The number of hydrogen-bond donors (Lipinski definition) is 2. The second-order valence-electron chi connectivity index (χ2n) is 6.07. The van der Waals surface area contributed by atoms with E-state index in [4.69, 9.17) is 0 Å². The number of benzene rings is 1. The molecule has 1 saturated heterocycles. The topological polar surface area (TPSA) is 82.8 Å². The van der Waals surface area contributed by atoms with Crippen molar-refractivity contribution in [3.8, 4) is 0 Å². The zero-order chi connectivity index (χ0) is 16.6. The minimum Gasteiger partial charge on any atom is -0.480 e. The molecule has 0 amide bonds. The standard InChI is InChI=1S/C17H20N2O4/c1-18-10-13(12-9-11(16(20)21)5-6-14(12)18)15(17(22)23)19-7-3-2-4-8-19/h5-6,9-10,15H,2-4,7-8H2,1H3,(H,20,21)(H,22,23). The van der Waals surface area contributed by atoms with Crippen LogP contribution in [-0.4, -0.2) is 44.7 Å². The summed E-state index contributed by atoms with van der Waals surface area (Å²) in [6.45, 7) is 1.51. The van der Waals surface area contributed by atoms with Crippen LogP contribution in [0.25, 0.3) is 10.9 Å². The summed E-state index contributed by atoms with van der Waals surface area (Å²) in [5, 5.41) is 19.7. The summed E-state index contributed by atoms with van der Waals surface area (Å²) in [6.07, 6.45) is 4.93. The van der Waals surface area contributed by atoms with Gasteiger partial charge in [0, 0.05) is 29.7 Å². The van der Waals surface area contributed by atoms with Gasteiger partial charge >= 0.3 is 11.9 Å². The molecule has 1 aromatic heterocycles. The molecule has 1 fully saturated rings. The maximum atomic E-state index is 11.9. The quantitative estimate of drug-likeness (QED) is 0.905. The Kier molecular flexibility index (Phi) is 4.09. The van der Waals surface area contributed by atoms with Crippen molar-refractivity contribution < 1.29 is 19.8 Å². The third-order valence-electron chi connectivity index (χ3n) is 4.55. The molecule has 1 atom stereocenters. The highest BCUT2D eigenvalue weighted by Gasteiger charge is 2.31. The van der Waals surface area contributed by atoms with Gasteiger partial charge in [-0.3, -0.25) is 9.69 Å². The Morgan fingerprint density at radius 1 is 1.13 bits per heavy atom. The van der Waals surface area contributed by atoms with Gasteiger partial charge in [-0.15, -0.1) is 0 Å². The van der Waals surface area contributed by atoms with Gasteiger partial charge in [-0.1, -0.05) is 6.42 Å². The average Bonchev–Trinajstić information content (AvgIpc) is 2.84. The number of aromatic carboxylic acids is 1. The van der Waals surface area contributed by atoms with Gasteiger partial charge in [-0.25, -0.2) is 4.79 Å².